The van der Waals surface area contributed by atoms with Gasteiger partial charge in [-0.25, -0.2) is 0 Å². The molecule has 0 aliphatic rings. The molecule has 0 atom stereocenters. The molecule has 98 valence electrons. The van der Waals surface area contributed by atoms with Crippen molar-refractivity contribution in [3.63, 3.8) is 0 Å². The first kappa shape index (κ1) is 14.2. The van der Waals surface area contributed by atoms with Crippen LogP contribution in [0.5, 0.6) is 5.75 Å². The molecule has 0 aliphatic carbocycles. The zero-order valence-corrected chi connectivity index (χ0v) is 11.0. The minimum Gasteiger partial charge on any atom is -0.494 e. The third-order valence-corrected chi connectivity index (χ3v) is 2.71. The van der Waals surface area contributed by atoms with Gasteiger partial charge in [0.25, 0.3) is 0 Å². The fourth-order valence-corrected chi connectivity index (χ4v) is 1.71. The Morgan fingerprint density at radius 3 is 2.39 bits per heavy atom. The van der Waals surface area contributed by atoms with Crippen LogP contribution in [0.1, 0.15) is 34.3 Å². The zero-order valence-electron chi connectivity index (χ0n) is 11.0. The van der Waals surface area contributed by atoms with Crippen LogP contribution in [0.2, 0.25) is 0 Å². The first-order valence-electron chi connectivity index (χ1n) is 5.84. The molecular formula is C14H18O4. The van der Waals surface area contributed by atoms with E-state index in [2.05, 4.69) is 4.74 Å². The van der Waals surface area contributed by atoms with Crippen molar-refractivity contribution in [2.45, 2.75) is 26.7 Å². The molecule has 0 amide bonds. The molecule has 0 radical (unpaired) electrons. The molecule has 0 saturated heterocycles. The average Bonchev–Trinajstić information content (AvgIpc) is 2.34. The van der Waals surface area contributed by atoms with Crippen LogP contribution >= 0.6 is 0 Å². The lowest BCUT2D eigenvalue weighted by molar-refractivity contribution is -0.140. The predicted molar refractivity (Wildman–Crippen MR) is 68.0 cm³/mol. The van der Waals surface area contributed by atoms with Crippen molar-refractivity contribution in [1.29, 1.82) is 0 Å². The maximum Gasteiger partial charge on any atom is 0.305 e. The minimum absolute atomic E-state index is 0.234. The summed E-state index contributed by atoms with van der Waals surface area (Å²) in [4.78, 5) is 21.7. The van der Waals surface area contributed by atoms with Crippen LogP contribution in [-0.2, 0) is 9.53 Å². The number of carbonyl (C=O) groups is 2. The number of ether oxygens (including phenoxy) is 2. The summed E-state index contributed by atoms with van der Waals surface area (Å²) in [6, 6.07) is 3.66. The van der Waals surface area contributed by atoms with Crippen molar-refractivity contribution in [2.24, 2.45) is 0 Å². The second-order valence-corrected chi connectivity index (χ2v) is 4.12. The maximum atomic E-state index is 10.9. The molecule has 0 saturated carbocycles. The summed E-state index contributed by atoms with van der Waals surface area (Å²) in [7, 11) is 1.37. The van der Waals surface area contributed by atoms with Gasteiger partial charge < -0.3 is 9.47 Å². The highest BCUT2D eigenvalue weighted by molar-refractivity contribution is 5.80. The lowest BCUT2D eigenvalue weighted by Gasteiger charge is -2.10. The van der Waals surface area contributed by atoms with Gasteiger partial charge in [-0.15, -0.1) is 0 Å². The molecule has 0 aliphatic heterocycles. The first-order valence-corrected chi connectivity index (χ1v) is 5.84. The molecule has 0 aromatic heterocycles. The van der Waals surface area contributed by atoms with Gasteiger partial charge in [0, 0.05) is 12.0 Å². The van der Waals surface area contributed by atoms with E-state index in [4.69, 9.17) is 4.74 Å². The average molecular weight is 250 g/mol. The largest absolute Gasteiger partial charge is 0.494 e. The van der Waals surface area contributed by atoms with Gasteiger partial charge in [-0.3, -0.25) is 9.59 Å². The predicted octanol–water partition coefficient (Wildman–Crippen LogP) is 2.45. The van der Waals surface area contributed by atoms with Gasteiger partial charge >= 0.3 is 5.97 Å². The van der Waals surface area contributed by atoms with Gasteiger partial charge in [0.15, 0.2) is 6.29 Å². The third-order valence-electron chi connectivity index (χ3n) is 2.71. The smallest absolute Gasteiger partial charge is 0.305 e. The standard InChI is InChI=1S/C14H18O4/c1-10-7-12(8-11(2)13(10)9-15)18-6-4-5-14(16)17-3/h7-9H,4-6H2,1-3H3. The van der Waals surface area contributed by atoms with E-state index in [0.29, 0.717) is 25.0 Å². The summed E-state index contributed by atoms with van der Waals surface area (Å²) in [5, 5.41) is 0. The lowest BCUT2D eigenvalue weighted by atomic mass is 10.0. The fourth-order valence-electron chi connectivity index (χ4n) is 1.71. The van der Waals surface area contributed by atoms with Gasteiger partial charge in [0.2, 0.25) is 0 Å². The van der Waals surface area contributed by atoms with Crippen LogP contribution in [-0.4, -0.2) is 26.0 Å². The van der Waals surface area contributed by atoms with Crippen molar-refractivity contribution in [2.75, 3.05) is 13.7 Å². The van der Waals surface area contributed by atoms with E-state index in [1.54, 1.807) is 0 Å². The highest BCUT2D eigenvalue weighted by Gasteiger charge is 2.05. The number of rotatable bonds is 6. The highest BCUT2D eigenvalue weighted by Crippen LogP contribution is 2.20. The van der Waals surface area contributed by atoms with E-state index in [1.165, 1.54) is 7.11 Å². The number of aldehydes is 1. The number of esters is 1. The number of carbonyl (C=O) groups excluding carboxylic acids is 2. The number of hydrogen-bond acceptors (Lipinski definition) is 4. The summed E-state index contributed by atoms with van der Waals surface area (Å²) in [6.07, 6.45) is 1.81. The summed E-state index contributed by atoms with van der Waals surface area (Å²) in [5.74, 6) is 0.489. The van der Waals surface area contributed by atoms with E-state index < -0.39 is 0 Å². The Balaban J connectivity index is 2.53. The Bertz CT molecular complexity index is 414. The fraction of sp³-hybridized carbons (Fsp3) is 0.429. The zero-order chi connectivity index (χ0) is 13.5. The van der Waals surface area contributed by atoms with Gasteiger partial charge in [0.1, 0.15) is 5.75 Å². The molecule has 1 aromatic carbocycles. The maximum absolute atomic E-state index is 10.9. The Labute approximate surface area is 107 Å². The summed E-state index contributed by atoms with van der Waals surface area (Å²) in [6.45, 7) is 4.20. The van der Waals surface area contributed by atoms with Crippen molar-refractivity contribution in [1.82, 2.24) is 0 Å². The van der Waals surface area contributed by atoms with Gasteiger partial charge in [-0.05, 0) is 43.5 Å². The molecule has 0 fully saturated rings. The molecule has 0 spiro atoms. The summed E-state index contributed by atoms with van der Waals surface area (Å²) >= 11 is 0. The van der Waals surface area contributed by atoms with Gasteiger partial charge in [-0.1, -0.05) is 0 Å². The lowest BCUT2D eigenvalue weighted by Crippen LogP contribution is -2.05. The number of methoxy groups -OCH3 is 1. The third kappa shape index (κ3) is 3.87. The molecule has 18 heavy (non-hydrogen) atoms. The van der Waals surface area contributed by atoms with Crippen molar-refractivity contribution < 1.29 is 19.1 Å². The van der Waals surface area contributed by atoms with E-state index in [1.807, 2.05) is 26.0 Å². The van der Waals surface area contributed by atoms with Crippen LogP contribution in [0.3, 0.4) is 0 Å². The van der Waals surface area contributed by atoms with E-state index in [-0.39, 0.29) is 5.97 Å². The van der Waals surface area contributed by atoms with Crippen LogP contribution in [0, 0.1) is 13.8 Å². The van der Waals surface area contributed by atoms with Gasteiger partial charge in [0.05, 0.1) is 13.7 Å². The number of aryl methyl sites for hydroxylation is 2. The Morgan fingerprint density at radius 1 is 1.28 bits per heavy atom. The Hall–Kier alpha value is -1.84. The SMILES string of the molecule is COC(=O)CCCOc1cc(C)c(C=O)c(C)c1. The highest BCUT2D eigenvalue weighted by atomic mass is 16.5. The van der Waals surface area contributed by atoms with Crippen molar-refractivity contribution in [3.8, 4) is 5.75 Å². The quantitative estimate of drug-likeness (QED) is 0.442. The molecule has 0 heterocycles. The molecular weight excluding hydrogens is 232 g/mol. The van der Waals surface area contributed by atoms with Crippen LogP contribution in [0.15, 0.2) is 12.1 Å². The van der Waals surface area contributed by atoms with Crippen LogP contribution in [0.4, 0.5) is 0 Å². The van der Waals surface area contributed by atoms with E-state index >= 15 is 0 Å². The molecule has 4 nitrogen and oxygen atoms in total. The normalized spacial score (nSPS) is 9.94. The molecule has 1 rings (SSSR count). The molecule has 0 N–H and O–H groups in total. The van der Waals surface area contributed by atoms with Gasteiger partial charge in [-0.2, -0.15) is 0 Å². The molecule has 0 bridgehead atoms. The van der Waals surface area contributed by atoms with Crippen molar-refractivity contribution in [3.05, 3.63) is 28.8 Å². The monoisotopic (exact) mass is 250 g/mol. The summed E-state index contributed by atoms with van der Waals surface area (Å²) < 4.78 is 10.1. The molecule has 4 heteroatoms. The Morgan fingerprint density at radius 2 is 1.89 bits per heavy atom. The number of benzene rings is 1. The van der Waals surface area contributed by atoms with Crippen molar-refractivity contribution >= 4 is 12.3 Å². The molecule has 1 aromatic rings. The van der Waals surface area contributed by atoms with Crippen LogP contribution < -0.4 is 4.74 Å². The Kier molecular flexibility index (Phi) is 5.36. The summed E-state index contributed by atoms with van der Waals surface area (Å²) in [5.41, 5.74) is 2.50. The van der Waals surface area contributed by atoms with Crippen LogP contribution in [0.25, 0.3) is 0 Å². The second kappa shape index (κ2) is 6.79. The minimum atomic E-state index is -0.234. The first-order chi connectivity index (χ1) is 8.58. The van der Waals surface area contributed by atoms with E-state index in [9.17, 15) is 9.59 Å². The van der Waals surface area contributed by atoms with E-state index in [0.717, 1.165) is 23.2 Å². The topological polar surface area (TPSA) is 52.6 Å². The molecule has 0 unspecified atom stereocenters. The number of hydrogen-bond donors (Lipinski definition) is 0. The second-order valence-electron chi connectivity index (χ2n) is 4.12.